The molecule has 9 nitrogen and oxygen atoms in total. The molecule has 1 saturated heterocycles. The molecule has 0 unspecified atom stereocenters. The molecule has 2 atom stereocenters. The molecule has 11 heteroatoms. The number of aryl methyl sites for hydroxylation is 1. The normalized spacial score (nSPS) is 17.2. The molecule has 2 amide bonds. The van der Waals surface area contributed by atoms with Crippen molar-refractivity contribution in [3.05, 3.63) is 58.4 Å². The molecule has 2 aromatic carbocycles. The predicted molar refractivity (Wildman–Crippen MR) is 133 cm³/mol. The number of hydrogen-bond donors (Lipinski definition) is 1. The summed E-state index contributed by atoms with van der Waals surface area (Å²) in [5.41, 5.74) is 3.85. The molecule has 1 aromatic heterocycles. The maximum atomic E-state index is 12.8. The van der Waals surface area contributed by atoms with Gasteiger partial charge in [0.15, 0.2) is 11.5 Å². The fourth-order valence-electron chi connectivity index (χ4n) is 3.98. The molecule has 0 spiro atoms. The maximum absolute atomic E-state index is 12.8. The van der Waals surface area contributed by atoms with Crippen molar-refractivity contribution in [2.75, 3.05) is 27.1 Å². The minimum Gasteiger partial charge on any atom is -0.493 e. The molecule has 4 rings (SSSR count). The number of nitrogens with one attached hydrogen (secondary N) is 1. The van der Waals surface area contributed by atoms with E-state index in [0.717, 1.165) is 10.9 Å². The number of hydrazine groups is 1. The monoisotopic (exact) mass is 517 g/mol. The van der Waals surface area contributed by atoms with Crippen LogP contribution in [0.5, 0.6) is 17.2 Å². The van der Waals surface area contributed by atoms with E-state index in [4.69, 9.17) is 25.8 Å². The first-order valence-electron chi connectivity index (χ1n) is 10.6. The number of pyridine rings is 1. The highest BCUT2D eigenvalue weighted by atomic mass is 35.5. The van der Waals surface area contributed by atoms with Crippen LogP contribution in [-0.4, -0.2) is 53.8 Å². The zero-order valence-corrected chi connectivity index (χ0v) is 21.1. The van der Waals surface area contributed by atoms with E-state index in [1.807, 2.05) is 24.3 Å². The third kappa shape index (κ3) is 4.51. The highest BCUT2D eigenvalue weighted by Gasteiger charge is 2.49. The number of nitrogens with zero attached hydrogens (tertiary/aromatic N) is 2. The number of carbonyl (C=O) groups excluding carboxylic acids is 2. The summed E-state index contributed by atoms with van der Waals surface area (Å²) in [6, 6.07) is 11.7. The van der Waals surface area contributed by atoms with E-state index >= 15 is 0 Å². The van der Waals surface area contributed by atoms with Gasteiger partial charge in [0, 0.05) is 23.4 Å². The smallest absolute Gasteiger partial charge is 0.262 e. The molecule has 0 radical (unpaired) electrons. The van der Waals surface area contributed by atoms with Crippen molar-refractivity contribution in [3.63, 3.8) is 0 Å². The number of para-hydroxylation sites is 1. The van der Waals surface area contributed by atoms with Crippen LogP contribution in [0.2, 0.25) is 0 Å². The Morgan fingerprint density at radius 2 is 1.71 bits per heavy atom. The van der Waals surface area contributed by atoms with Crippen LogP contribution in [-0.2, 0) is 16.6 Å². The van der Waals surface area contributed by atoms with Crippen molar-refractivity contribution in [2.45, 2.75) is 16.3 Å². The van der Waals surface area contributed by atoms with E-state index in [1.165, 1.54) is 44.2 Å². The van der Waals surface area contributed by atoms with E-state index in [2.05, 4.69) is 5.43 Å². The number of thioether (sulfide) groups is 1. The van der Waals surface area contributed by atoms with Gasteiger partial charge in [-0.3, -0.25) is 19.8 Å². The summed E-state index contributed by atoms with van der Waals surface area (Å²) in [7, 11) is 6.17. The van der Waals surface area contributed by atoms with Gasteiger partial charge in [-0.25, -0.2) is 5.01 Å². The number of fused-ring (bicyclic) bond motifs is 1. The summed E-state index contributed by atoms with van der Waals surface area (Å²) >= 11 is 7.54. The number of β-lactam (4-membered cyclic amide) rings is 1. The molecule has 1 N–H and O–H groups in total. The Kier molecular flexibility index (Phi) is 7.13. The van der Waals surface area contributed by atoms with Crippen LogP contribution >= 0.6 is 23.4 Å². The molecule has 0 bridgehead atoms. The molecule has 1 fully saturated rings. The number of aromatic nitrogens is 1. The van der Waals surface area contributed by atoms with E-state index in [1.54, 1.807) is 23.7 Å². The van der Waals surface area contributed by atoms with E-state index in [9.17, 15) is 14.4 Å². The zero-order valence-electron chi connectivity index (χ0n) is 19.5. The number of ether oxygens (including phenoxy) is 3. The first-order valence-corrected chi connectivity index (χ1v) is 12.0. The number of amides is 2. The van der Waals surface area contributed by atoms with E-state index in [-0.39, 0.29) is 11.3 Å². The molecule has 2 heterocycles. The topological polar surface area (TPSA) is 99.1 Å². The fraction of sp³-hybridized carbons (Fsp3) is 0.292. The fourth-order valence-corrected chi connectivity index (χ4v) is 5.20. The zero-order chi connectivity index (χ0) is 25.3. The molecule has 1 aliphatic heterocycles. The van der Waals surface area contributed by atoms with Gasteiger partial charge in [0.2, 0.25) is 11.7 Å². The molecule has 35 heavy (non-hydrogen) atoms. The quantitative estimate of drug-likeness (QED) is 0.278. The van der Waals surface area contributed by atoms with E-state index < -0.39 is 23.2 Å². The Hall–Kier alpha value is -3.37. The van der Waals surface area contributed by atoms with Gasteiger partial charge in [0.25, 0.3) is 11.5 Å². The summed E-state index contributed by atoms with van der Waals surface area (Å²) in [6.45, 7) is 0. The number of benzene rings is 2. The Morgan fingerprint density at radius 3 is 2.34 bits per heavy atom. The SMILES string of the molecule is COc1cc([C@H]2[C@H](Cl)C(=O)N2NC(=O)CSc2cc(=O)n(C)c3ccccc23)cc(OC)c1OC. The molecule has 0 saturated carbocycles. The third-order valence-corrected chi connectivity index (χ3v) is 7.26. The second-order valence-electron chi connectivity index (χ2n) is 7.76. The van der Waals surface area contributed by atoms with Gasteiger partial charge in [0.05, 0.1) is 32.6 Å². The second-order valence-corrected chi connectivity index (χ2v) is 9.25. The average molecular weight is 518 g/mol. The predicted octanol–water partition coefficient (Wildman–Crippen LogP) is 2.88. The van der Waals surface area contributed by atoms with Gasteiger partial charge in [-0.1, -0.05) is 18.2 Å². The van der Waals surface area contributed by atoms with Gasteiger partial charge in [0.1, 0.15) is 11.4 Å². The van der Waals surface area contributed by atoms with Crippen molar-refractivity contribution in [2.24, 2.45) is 7.05 Å². The minimum absolute atomic E-state index is 0.00410. The van der Waals surface area contributed by atoms with Gasteiger partial charge in [-0.05, 0) is 23.8 Å². The molecule has 0 aliphatic carbocycles. The van der Waals surface area contributed by atoms with Gasteiger partial charge in [-0.2, -0.15) is 0 Å². The lowest BCUT2D eigenvalue weighted by Crippen LogP contribution is -2.63. The third-order valence-electron chi connectivity index (χ3n) is 5.78. The van der Waals surface area contributed by atoms with E-state index in [0.29, 0.717) is 27.7 Å². The largest absolute Gasteiger partial charge is 0.493 e. The Bertz CT molecular complexity index is 1340. The maximum Gasteiger partial charge on any atom is 0.262 e. The van der Waals surface area contributed by atoms with Gasteiger partial charge >= 0.3 is 0 Å². The van der Waals surface area contributed by atoms with Crippen molar-refractivity contribution in [1.82, 2.24) is 15.0 Å². The van der Waals surface area contributed by atoms with Crippen LogP contribution in [0.25, 0.3) is 10.9 Å². The van der Waals surface area contributed by atoms with Crippen molar-refractivity contribution >= 4 is 46.1 Å². The standard InChI is InChI=1S/C24H24ClN3O6S/c1-27-15-8-6-5-7-14(15)18(11-20(27)30)35-12-19(29)26-28-22(21(25)24(28)31)13-9-16(32-2)23(34-4)17(10-13)33-3/h5-11,21-22H,12H2,1-4H3,(H,26,29)/t21-,22-/m0/s1. The Morgan fingerprint density at radius 1 is 1.06 bits per heavy atom. The molecular weight excluding hydrogens is 494 g/mol. The van der Waals surface area contributed by atoms with Gasteiger partial charge < -0.3 is 18.8 Å². The van der Waals surface area contributed by atoms with Crippen LogP contribution in [0.15, 0.2) is 52.2 Å². The minimum atomic E-state index is -0.869. The van der Waals surface area contributed by atoms with Crippen LogP contribution < -0.4 is 25.2 Å². The number of rotatable bonds is 8. The molecule has 1 aliphatic rings. The second kappa shape index (κ2) is 10.1. The molecular formula is C24H24ClN3O6S. The number of carbonyl (C=O) groups is 2. The van der Waals surface area contributed by atoms with Crippen LogP contribution in [0.4, 0.5) is 0 Å². The first-order chi connectivity index (χ1) is 16.8. The highest BCUT2D eigenvalue weighted by molar-refractivity contribution is 8.00. The highest BCUT2D eigenvalue weighted by Crippen LogP contribution is 2.45. The first kappa shape index (κ1) is 24.7. The van der Waals surface area contributed by atoms with Crippen molar-refractivity contribution < 1.29 is 23.8 Å². The Balaban J connectivity index is 1.52. The summed E-state index contributed by atoms with van der Waals surface area (Å²) < 4.78 is 17.7. The number of alkyl halides is 1. The van der Waals surface area contributed by atoms with Crippen molar-refractivity contribution in [1.29, 1.82) is 0 Å². The summed E-state index contributed by atoms with van der Waals surface area (Å²) in [6.07, 6.45) is 0. The Labute approximate surface area is 210 Å². The van der Waals surface area contributed by atoms with Crippen LogP contribution in [0, 0.1) is 0 Å². The lowest BCUT2D eigenvalue weighted by atomic mass is 9.94. The number of hydrogen-bond acceptors (Lipinski definition) is 7. The van der Waals surface area contributed by atoms with Crippen LogP contribution in [0.3, 0.4) is 0 Å². The average Bonchev–Trinajstić information content (AvgIpc) is 2.88. The lowest BCUT2D eigenvalue weighted by Gasteiger charge is -2.44. The van der Waals surface area contributed by atoms with Crippen molar-refractivity contribution in [3.8, 4) is 17.2 Å². The number of halogens is 1. The lowest BCUT2D eigenvalue weighted by molar-refractivity contribution is -0.155. The van der Waals surface area contributed by atoms with Crippen LogP contribution in [0.1, 0.15) is 11.6 Å². The summed E-state index contributed by atoms with van der Waals surface area (Å²) in [4.78, 5) is 38.2. The number of methoxy groups -OCH3 is 3. The summed E-state index contributed by atoms with van der Waals surface area (Å²) in [5, 5.41) is 1.19. The summed E-state index contributed by atoms with van der Waals surface area (Å²) in [5.74, 6) is 0.380. The molecule has 3 aromatic rings. The van der Waals surface area contributed by atoms with Gasteiger partial charge in [-0.15, -0.1) is 23.4 Å². The molecule has 184 valence electrons.